The molecule has 2 aromatic rings. The second-order valence-corrected chi connectivity index (χ2v) is 8.87. The van der Waals surface area contributed by atoms with Gasteiger partial charge in [0, 0.05) is 20.6 Å². The number of hydrogen-bond donors (Lipinski definition) is 1. The van der Waals surface area contributed by atoms with Gasteiger partial charge in [0.1, 0.15) is 6.33 Å². The Hall–Kier alpha value is -2.03. The van der Waals surface area contributed by atoms with Crippen molar-refractivity contribution in [3.05, 3.63) is 41.7 Å². The number of benzene rings is 1. The molecular weight excluding hydrogens is 399 g/mol. The molecule has 1 aromatic heterocycles. The summed E-state index contributed by atoms with van der Waals surface area (Å²) in [6.07, 6.45) is -3.77. The van der Waals surface area contributed by atoms with Crippen LogP contribution in [0.15, 0.2) is 35.7 Å². The van der Waals surface area contributed by atoms with Crippen LogP contribution in [0.4, 0.5) is 13.2 Å². The standard InChI is InChI=1S/C12H14F3N5O4S2/c1-19(2)26(23,24)20-8-16-11(18-20)25(21,22)17-7-9-3-5-10(6-4-9)12(13,14)15/h3-6,8,17H,7H2,1-2H3. The number of hydrogen-bond acceptors (Lipinski definition) is 6. The van der Waals surface area contributed by atoms with Crippen molar-refractivity contribution < 1.29 is 30.0 Å². The Balaban J connectivity index is 2.14. The van der Waals surface area contributed by atoms with E-state index in [1.807, 2.05) is 0 Å². The van der Waals surface area contributed by atoms with E-state index in [0.717, 1.165) is 34.9 Å². The van der Waals surface area contributed by atoms with E-state index in [1.54, 1.807) is 0 Å². The zero-order chi connectivity index (χ0) is 19.8. The summed E-state index contributed by atoms with van der Waals surface area (Å²) < 4.78 is 88.7. The molecule has 0 aliphatic heterocycles. The van der Waals surface area contributed by atoms with Gasteiger partial charge in [-0.15, -0.1) is 9.19 Å². The van der Waals surface area contributed by atoms with Gasteiger partial charge >= 0.3 is 16.4 Å². The van der Waals surface area contributed by atoms with Crippen LogP contribution < -0.4 is 4.72 Å². The van der Waals surface area contributed by atoms with Crippen molar-refractivity contribution in [1.82, 2.24) is 23.2 Å². The van der Waals surface area contributed by atoms with Gasteiger partial charge in [0.15, 0.2) is 0 Å². The Morgan fingerprint density at radius 2 is 1.69 bits per heavy atom. The predicted octanol–water partition coefficient (Wildman–Crippen LogP) is 0.430. The highest BCUT2D eigenvalue weighted by Crippen LogP contribution is 2.29. The molecule has 0 aliphatic carbocycles. The van der Waals surface area contributed by atoms with Gasteiger partial charge in [-0.2, -0.15) is 25.9 Å². The molecule has 1 aromatic carbocycles. The van der Waals surface area contributed by atoms with Gasteiger partial charge in [0.25, 0.3) is 15.2 Å². The third kappa shape index (κ3) is 4.38. The molecule has 2 rings (SSSR count). The van der Waals surface area contributed by atoms with Crippen molar-refractivity contribution >= 4 is 20.2 Å². The van der Waals surface area contributed by atoms with Gasteiger partial charge < -0.3 is 0 Å². The summed E-state index contributed by atoms with van der Waals surface area (Å²) in [5.41, 5.74) is -0.597. The number of aromatic nitrogens is 3. The van der Waals surface area contributed by atoms with Gasteiger partial charge in [-0.05, 0) is 17.7 Å². The SMILES string of the molecule is CN(C)S(=O)(=O)n1cnc(S(=O)(=O)NCc2ccc(C(F)(F)F)cc2)n1. The van der Waals surface area contributed by atoms with E-state index in [2.05, 4.69) is 14.8 Å². The summed E-state index contributed by atoms with van der Waals surface area (Å²) in [6.45, 7) is -0.324. The topological polar surface area (TPSA) is 114 Å². The van der Waals surface area contributed by atoms with E-state index in [0.29, 0.717) is 4.09 Å². The van der Waals surface area contributed by atoms with Crippen molar-refractivity contribution in [2.75, 3.05) is 14.1 Å². The molecule has 0 amide bonds. The van der Waals surface area contributed by atoms with Gasteiger partial charge in [0.2, 0.25) is 0 Å². The van der Waals surface area contributed by atoms with Crippen LogP contribution in [0.3, 0.4) is 0 Å². The predicted molar refractivity (Wildman–Crippen MR) is 83.5 cm³/mol. The minimum absolute atomic E-state index is 0.266. The molecule has 0 saturated carbocycles. The van der Waals surface area contributed by atoms with E-state index in [-0.39, 0.29) is 12.1 Å². The maximum atomic E-state index is 12.5. The zero-order valence-corrected chi connectivity index (χ0v) is 15.1. The molecule has 144 valence electrons. The molecule has 9 nitrogen and oxygen atoms in total. The van der Waals surface area contributed by atoms with Crippen molar-refractivity contribution in [3.63, 3.8) is 0 Å². The first kappa shape index (κ1) is 20.3. The third-order valence-corrected chi connectivity index (χ3v) is 5.90. The highest BCUT2D eigenvalue weighted by molar-refractivity contribution is 7.89. The lowest BCUT2D eigenvalue weighted by Crippen LogP contribution is -2.30. The summed E-state index contributed by atoms with van der Waals surface area (Å²) >= 11 is 0. The Morgan fingerprint density at radius 3 is 2.19 bits per heavy atom. The second-order valence-electron chi connectivity index (χ2n) is 5.21. The summed E-state index contributed by atoms with van der Waals surface area (Å²) in [7, 11) is -5.82. The Kier molecular flexibility index (Phi) is 5.41. The van der Waals surface area contributed by atoms with Crippen molar-refractivity contribution in [2.24, 2.45) is 0 Å². The monoisotopic (exact) mass is 413 g/mol. The summed E-state index contributed by atoms with van der Waals surface area (Å²) in [5, 5.41) is 2.63. The van der Waals surface area contributed by atoms with Crippen LogP contribution in [0.25, 0.3) is 0 Å². The fraction of sp³-hybridized carbons (Fsp3) is 0.333. The smallest absolute Gasteiger partial charge is 0.204 e. The lowest BCUT2D eigenvalue weighted by atomic mass is 10.1. The molecule has 0 aliphatic rings. The maximum Gasteiger partial charge on any atom is 0.416 e. The Morgan fingerprint density at radius 1 is 1.12 bits per heavy atom. The van der Waals surface area contributed by atoms with E-state index in [1.165, 1.54) is 14.1 Å². The third-order valence-electron chi connectivity index (χ3n) is 3.14. The van der Waals surface area contributed by atoms with E-state index in [4.69, 9.17) is 0 Å². The molecule has 0 atom stereocenters. The fourth-order valence-electron chi connectivity index (χ4n) is 1.69. The maximum absolute atomic E-state index is 12.5. The number of alkyl halides is 3. The fourth-order valence-corrected chi connectivity index (χ4v) is 3.29. The molecular formula is C12H14F3N5O4S2. The lowest BCUT2D eigenvalue weighted by molar-refractivity contribution is -0.137. The number of nitrogens with one attached hydrogen (secondary N) is 1. The molecule has 26 heavy (non-hydrogen) atoms. The van der Waals surface area contributed by atoms with E-state index >= 15 is 0 Å². The number of nitrogens with zero attached hydrogens (tertiary/aromatic N) is 4. The number of halogens is 3. The quantitative estimate of drug-likeness (QED) is 0.735. The molecule has 14 heteroatoms. The van der Waals surface area contributed by atoms with Gasteiger partial charge in [-0.25, -0.2) is 18.1 Å². The molecule has 0 fully saturated rings. The van der Waals surface area contributed by atoms with Gasteiger partial charge in [-0.1, -0.05) is 12.1 Å². The summed E-state index contributed by atoms with van der Waals surface area (Å²) in [5.74, 6) is 0. The largest absolute Gasteiger partial charge is 0.416 e. The van der Waals surface area contributed by atoms with Crippen LogP contribution in [0.2, 0.25) is 0 Å². The highest BCUT2D eigenvalue weighted by Gasteiger charge is 2.30. The van der Waals surface area contributed by atoms with Crippen molar-refractivity contribution in [2.45, 2.75) is 17.9 Å². The van der Waals surface area contributed by atoms with Crippen LogP contribution in [0, 0.1) is 0 Å². The average molecular weight is 413 g/mol. The van der Waals surface area contributed by atoms with E-state index < -0.39 is 37.1 Å². The molecule has 0 radical (unpaired) electrons. The minimum Gasteiger partial charge on any atom is -0.204 e. The molecule has 1 heterocycles. The van der Waals surface area contributed by atoms with Crippen molar-refractivity contribution in [3.8, 4) is 0 Å². The van der Waals surface area contributed by atoms with Crippen LogP contribution in [-0.4, -0.2) is 49.4 Å². The first-order valence-corrected chi connectivity index (χ1v) is 9.72. The number of sulfonamides is 1. The van der Waals surface area contributed by atoms with Crippen molar-refractivity contribution in [1.29, 1.82) is 0 Å². The number of rotatable bonds is 6. The molecule has 0 spiro atoms. The van der Waals surface area contributed by atoms with Crippen LogP contribution in [-0.2, 0) is 33.0 Å². The van der Waals surface area contributed by atoms with Crippen LogP contribution in [0.1, 0.15) is 11.1 Å². The Bertz CT molecular complexity index is 983. The highest BCUT2D eigenvalue weighted by atomic mass is 32.2. The zero-order valence-electron chi connectivity index (χ0n) is 13.5. The minimum atomic E-state index is -4.49. The summed E-state index contributed by atoms with van der Waals surface area (Å²) in [4.78, 5) is 3.44. The first-order valence-electron chi connectivity index (χ1n) is 6.84. The molecule has 0 bridgehead atoms. The molecule has 1 N–H and O–H groups in total. The van der Waals surface area contributed by atoms with Gasteiger partial charge in [-0.3, -0.25) is 0 Å². The normalized spacial score (nSPS) is 13.3. The van der Waals surface area contributed by atoms with Crippen LogP contribution in [0.5, 0.6) is 0 Å². The van der Waals surface area contributed by atoms with E-state index in [9.17, 15) is 30.0 Å². The lowest BCUT2D eigenvalue weighted by Gasteiger charge is -2.09. The first-order chi connectivity index (χ1) is 11.8. The Labute approximate surface area is 147 Å². The average Bonchev–Trinajstić information content (AvgIpc) is 3.04. The summed E-state index contributed by atoms with van der Waals surface area (Å²) in [6, 6.07) is 3.88. The molecule has 0 saturated heterocycles. The van der Waals surface area contributed by atoms with Crippen LogP contribution >= 0.6 is 0 Å². The van der Waals surface area contributed by atoms with Gasteiger partial charge in [0.05, 0.1) is 5.56 Å². The second kappa shape index (κ2) is 6.94. The molecule has 0 unspecified atom stereocenters.